The third kappa shape index (κ3) is 3.17. The maximum Gasteiger partial charge on any atom is 0.269 e. The average molecular weight is 210 g/mol. The van der Waals surface area contributed by atoms with Crippen molar-refractivity contribution in [2.24, 2.45) is 5.73 Å². The van der Waals surface area contributed by atoms with E-state index in [1.807, 2.05) is 6.92 Å². The fourth-order valence-corrected chi connectivity index (χ4v) is 1.03. The molecular weight excluding hydrogens is 196 g/mol. The predicted molar refractivity (Wildman–Crippen MR) is 55.3 cm³/mol. The first kappa shape index (κ1) is 11.4. The van der Waals surface area contributed by atoms with Gasteiger partial charge >= 0.3 is 0 Å². The van der Waals surface area contributed by atoms with Gasteiger partial charge < -0.3 is 16.2 Å². The summed E-state index contributed by atoms with van der Waals surface area (Å²) >= 11 is 0. The van der Waals surface area contributed by atoms with Crippen LogP contribution < -0.4 is 11.1 Å². The number of anilines is 1. The first-order valence-corrected chi connectivity index (χ1v) is 4.68. The summed E-state index contributed by atoms with van der Waals surface area (Å²) in [7, 11) is 0. The van der Waals surface area contributed by atoms with Crippen LogP contribution in [0, 0.1) is 0 Å². The van der Waals surface area contributed by atoms with Crippen molar-refractivity contribution >= 4 is 11.7 Å². The van der Waals surface area contributed by atoms with Gasteiger partial charge in [0.2, 0.25) is 0 Å². The van der Waals surface area contributed by atoms with Crippen molar-refractivity contribution in [1.82, 2.24) is 10.2 Å². The summed E-state index contributed by atoms with van der Waals surface area (Å²) in [6, 6.07) is 3.03. The van der Waals surface area contributed by atoms with Gasteiger partial charge in [-0.25, -0.2) is 0 Å². The largest absolute Gasteiger partial charge is 0.394 e. The number of aromatic nitrogens is 2. The molecule has 0 aliphatic heterocycles. The van der Waals surface area contributed by atoms with Gasteiger partial charge in [-0.3, -0.25) is 4.79 Å². The highest BCUT2D eigenvalue weighted by Gasteiger charge is 2.06. The van der Waals surface area contributed by atoms with Crippen LogP contribution in [0.2, 0.25) is 0 Å². The molecule has 1 aromatic heterocycles. The molecule has 1 amide bonds. The van der Waals surface area contributed by atoms with E-state index in [-0.39, 0.29) is 18.3 Å². The lowest BCUT2D eigenvalue weighted by atomic mass is 10.2. The molecule has 6 heteroatoms. The molecule has 1 heterocycles. The molecule has 0 spiro atoms. The van der Waals surface area contributed by atoms with Crippen LogP contribution in [-0.4, -0.2) is 33.9 Å². The summed E-state index contributed by atoms with van der Waals surface area (Å²) in [4.78, 5) is 10.7. The number of nitrogens with zero attached hydrogens (tertiary/aromatic N) is 2. The van der Waals surface area contributed by atoms with E-state index in [2.05, 4.69) is 15.5 Å². The molecule has 1 atom stereocenters. The molecule has 0 bridgehead atoms. The van der Waals surface area contributed by atoms with E-state index in [1.165, 1.54) is 6.07 Å². The number of carbonyl (C=O) groups excluding carboxylic acids is 1. The summed E-state index contributed by atoms with van der Waals surface area (Å²) in [5, 5.41) is 19.3. The molecule has 1 aromatic rings. The fraction of sp³-hybridized carbons (Fsp3) is 0.444. The molecule has 15 heavy (non-hydrogen) atoms. The molecule has 0 saturated heterocycles. The Bertz CT molecular complexity index is 321. The second-order valence-electron chi connectivity index (χ2n) is 3.10. The number of amides is 1. The average Bonchev–Trinajstić information content (AvgIpc) is 2.26. The Morgan fingerprint density at radius 1 is 1.60 bits per heavy atom. The summed E-state index contributed by atoms with van der Waals surface area (Å²) in [6.45, 7) is 1.97. The highest BCUT2D eigenvalue weighted by atomic mass is 16.3. The van der Waals surface area contributed by atoms with Gasteiger partial charge in [0.1, 0.15) is 5.82 Å². The van der Waals surface area contributed by atoms with E-state index < -0.39 is 5.91 Å². The van der Waals surface area contributed by atoms with Gasteiger partial charge in [0.15, 0.2) is 5.69 Å². The Morgan fingerprint density at radius 2 is 2.33 bits per heavy atom. The third-order valence-electron chi connectivity index (χ3n) is 1.98. The van der Waals surface area contributed by atoms with Crippen molar-refractivity contribution in [1.29, 1.82) is 0 Å². The normalized spacial score (nSPS) is 12.1. The number of hydrogen-bond donors (Lipinski definition) is 3. The summed E-state index contributed by atoms with van der Waals surface area (Å²) in [6.07, 6.45) is 0.774. The van der Waals surface area contributed by atoms with Crippen molar-refractivity contribution in [2.45, 2.75) is 19.4 Å². The van der Waals surface area contributed by atoms with Crippen LogP contribution in [0.4, 0.5) is 5.82 Å². The number of primary amides is 1. The summed E-state index contributed by atoms with van der Waals surface area (Å²) < 4.78 is 0. The predicted octanol–water partition coefficient (Wildman–Crippen LogP) is -0.242. The minimum atomic E-state index is -0.608. The molecule has 1 rings (SSSR count). The molecule has 82 valence electrons. The van der Waals surface area contributed by atoms with Crippen LogP contribution in [0.5, 0.6) is 0 Å². The van der Waals surface area contributed by atoms with Crippen molar-refractivity contribution in [3.05, 3.63) is 17.8 Å². The highest BCUT2D eigenvalue weighted by molar-refractivity contribution is 5.90. The number of nitrogens with two attached hydrogens (primary N) is 1. The molecule has 0 unspecified atom stereocenters. The number of aliphatic hydroxyl groups excluding tert-OH is 1. The Morgan fingerprint density at radius 3 is 2.73 bits per heavy atom. The zero-order valence-corrected chi connectivity index (χ0v) is 8.47. The number of carbonyl (C=O) groups is 1. The topological polar surface area (TPSA) is 101 Å². The van der Waals surface area contributed by atoms with E-state index in [1.54, 1.807) is 6.07 Å². The van der Waals surface area contributed by atoms with E-state index in [0.29, 0.717) is 5.82 Å². The lowest BCUT2D eigenvalue weighted by molar-refractivity contribution is 0.0994. The van der Waals surface area contributed by atoms with Gasteiger partial charge in [-0.15, -0.1) is 10.2 Å². The maximum atomic E-state index is 10.7. The molecule has 0 aliphatic rings. The number of nitrogens with one attached hydrogen (secondary N) is 1. The highest BCUT2D eigenvalue weighted by Crippen LogP contribution is 2.05. The van der Waals surface area contributed by atoms with Crippen molar-refractivity contribution in [3.63, 3.8) is 0 Å². The SMILES string of the molecule is CC[C@@H](CO)Nc1ccc(C(N)=O)nn1. The molecule has 0 aromatic carbocycles. The Hall–Kier alpha value is -1.69. The Balaban J connectivity index is 2.67. The second-order valence-corrected chi connectivity index (χ2v) is 3.10. The third-order valence-corrected chi connectivity index (χ3v) is 1.98. The van der Waals surface area contributed by atoms with Crippen LogP contribution in [0.25, 0.3) is 0 Å². The first-order valence-electron chi connectivity index (χ1n) is 4.68. The molecule has 0 saturated carbocycles. The lowest BCUT2D eigenvalue weighted by Gasteiger charge is -2.13. The molecule has 0 aliphatic carbocycles. The number of aliphatic hydroxyl groups is 1. The smallest absolute Gasteiger partial charge is 0.269 e. The standard InChI is InChI=1S/C9H14N4O2/c1-2-6(5-14)11-8-4-3-7(9(10)15)12-13-8/h3-4,6,14H,2,5H2,1H3,(H2,10,15)(H,11,13)/t6-/m0/s1. The van der Waals surface area contributed by atoms with E-state index >= 15 is 0 Å². The van der Waals surface area contributed by atoms with Crippen molar-refractivity contribution < 1.29 is 9.90 Å². The fourth-order valence-electron chi connectivity index (χ4n) is 1.03. The minimum absolute atomic E-state index is 0.0236. The van der Waals surface area contributed by atoms with Gasteiger partial charge in [-0.2, -0.15) is 0 Å². The van der Waals surface area contributed by atoms with Gasteiger partial charge in [0.05, 0.1) is 12.6 Å². The van der Waals surface area contributed by atoms with Gasteiger partial charge in [-0.1, -0.05) is 6.92 Å². The van der Waals surface area contributed by atoms with Gasteiger partial charge in [-0.05, 0) is 18.6 Å². The van der Waals surface area contributed by atoms with Crippen LogP contribution in [0.15, 0.2) is 12.1 Å². The maximum absolute atomic E-state index is 10.7. The van der Waals surface area contributed by atoms with E-state index in [4.69, 9.17) is 10.8 Å². The van der Waals surface area contributed by atoms with E-state index in [0.717, 1.165) is 6.42 Å². The number of rotatable bonds is 5. The summed E-state index contributed by atoms with van der Waals surface area (Å²) in [5.74, 6) is -0.0934. The van der Waals surface area contributed by atoms with Crippen LogP contribution >= 0.6 is 0 Å². The van der Waals surface area contributed by atoms with Crippen LogP contribution in [-0.2, 0) is 0 Å². The van der Waals surface area contributed by atoms with Gasteiger partial charge in [0, 0.05) is 0 Å². The zero-order chi connectivity index (χ0) is 11.3. The monoisotopic (exact) mass is 210 g/mol. The Labute approximate surface area is 87.5 Å². The molecule has 0 fully saturated rings. The second kappa shape index (κ2) is 5.26. The first-order chi connectivity index (χ1) is 7.17. The molecule has 6 nitrogen and oxygen atoms in total. The molecular formula is C9H14N4O2. The molecule has 4 N–H and O–H groups in total. The summed E-state index contributed by atoms with van der Waals surface area (Å²) in [5.41, 5.74) is 5.14. The van der Waals surface area contributed by atoms with Crippen molar-refractivity contribution in [2.75, 3.05) is 11.9 Å². The lowest BCUT2D eigenvalue weighted by Crippen LogP contribution is -2.23. The quantitative estimate of drug-likeness (QED) is 0.622. The molecule has 0 radical (unpaired) electrons. The van der Waals surface area contributed by atoms with Crippen LogP contribution in [0.1, 0.15) is 23.8 Å². The van der Waals surface area contributed by atoms with Gasteiger partial charge in [0.25, 0.3) is 5.91 Å². The van der Waals surface area contributed by atoms with E-state index in [9.17, 15) is 4.79 Å². The van der Waals surface area contributed by atoms with Crippen LogP contribution in [0.3, 0.4) is 0 Å². The minimum Gasteiger partial charge on any atom is -0.394 e. The zero-order valence-electron chi connectivity index (χ0n) is 8.47. The number of hydrogen-bond acceptors (Lipinski definition) is 5. The van der Waals surface area contributed by atoms with Crippen molar-refractivity contribution in [3.8, 4) is 0 Å². The Kier molecular flexibility index (Phi) is 3.99.